The second kappa shape index (κ2) is 17.0. The zero-order valence-corrected chi connectivity index (χ0v) is 44.5. The second-order valence-corrected chi connectivity index (χ2v) is 23.5. The van der Waals surface area contributed by atoms with Gasteiger partial charge in [-0.15, -0.1) is 22.7 Å². The average Bonchev–Trinajstić information content (AvgIpc) is 4.14. The van der Waals surface area contributed by atoms with Gasteiger partial charge >= 0.3 is 0 Å². The number of allylic oxidation sites excluding steroid dienone is 4. The maximum Gasteiger partial charge on any atom is 0.0640 e. The van der Waals surface area contributed by atoms with Gasteiger partial charge in [0, 0.05) is 59.6 Å². The molecule has 360 valence electrons. The van der Waals surface area contributed by atoms with Crippen LogP contribution in [0.4, 0.5) is 34.1 Å². The molecule has 1 spiro atoms. The van der Waals surface area contributed by atoms with Crippen LogP contribution in [0.3, 0.4) is 0 Å². The van der Waals surface area contributed by atoms with Crippen LogP contribution >= 0.6 is 22.7 Å². The molecule has 2 unspecified atom stereocenters. The minimum Gasteiger partial charge on any atom is -0.309 e. The lowest BCUT2D eigenvalue weighted by atomic mass is 9.48. The van der Waals surface area contributed by atoms with Crippen molar-refractivity contribution < 1.29 is 0 Å². The number of thiophene rings is 2. The van der Waals surface area contributed by atoms with Crippen molar-refractivity contribution in [2.24, 2.45) is 11.8 Å². The van der Waals surface area contributed by atoms with Crippen molar-refractivity contribution in [2.45, 2.75) is 65.2 Å². The number of fused-ring (bicyclic) bond motifs is 15. The summed E-state index contributed by atoms with van der Waals surface area (Å²) < 4.78 is 5.40. The highest BCUT2D eigenvalue weighted by molar-refractivity contribution is 7.27. The third-order valence-electron chi connectivity index (χ3n) is 17.2. The second-order valence-electron chi connectivity index (χ2n) is 21.5. The van der Waals surface area contributed by atoms with Crippen LogP contribution in [0, 0.1) is 25.7 Å². The molecule has 0 aliphatic heterocycles. The molecule has 2 nitrogen and oxygen atoms in total. The normalized spacial score (nSPS) is 16.7. The van der Waals surface area contributed by atoms with Crippen LogP contribution in [-0.2, 0) is 23.7 Å². The number of rotatable bonds is 8. The van der Waals surface area contributed by atoms with E-state index >= 15 is 0 Å². The summed E-state index contributed by atoms with van der Waals surface area (Å²) >= 11 is 3.89. The monoisotopic (exact) mass is 990 g/mol. The van der Waals surface area contributed by atoms with E-state index in [9.17, 15) is 0 Å². The van der Waals surface area contributed by atoms with Gasteiger partial charge in [0.2, 0.25) is 0 Å². The largest absolute Gasteiger partial charge is 0.309 e. The van der Waals surface area contributed by atoms with Gasteiger partial charge in [-0.1, -0.05) is 184 Å². The maximum atomic E-state index is 2.60. The highest BCUT2D eigenvalue weighted by Gasteiger charge is 2.59. The molecule has 0 fully saturated rings. The van der Waals surface area contributed by atoms with E-state index in [1.54, 1.807) is 0 Å². The topological polar surface area (TPSA) is 6.48 Å². The molecule has 0 N–H and O–H groups in total. The Balaban J connectivity index is 1.05. The fourth-order valence-corrected chi connectivity index (χ4v) is 16.4. The highest BCUT2D eigenvalue weighted by atomic mass is 32.1. The molecule has 14 rings (SSSR count). The molecular formula is C70H58N2S2. The first-order valence-corrected chi connectivity index (χ1v) is 28.2. The molecule has 3 aliphatic rings. The molecule has 2 aromatic heterocycles. The summed E-state index contributed by atoms with van der Waals surface area (Å²) in [5.74, 6) is 0.385. The molecule has 0 bridgehead atoms. The predicted molar refractivity (Wildman–Crippen MR) is 320 cm³/mol. The Morgan fingerprint density at radius 3 is 1.30 bits per heavy atom. The molecular weight excluding hydrogens is 933 g/mol. The summed E-state index contributed by atoms with van der Waals surface area (Å²) in [4.78, 5) is 5.10. The number of hydrogen-bond acceptors (Lipinski definition) is 4. The van der Waals surface area contributed by atoms with Crippen molar-refractivity contribution in [3.8, 4) is 11.1 Å². The minimum absolute atomic E-state index is 0.115. The number of nitrogens with zero attached hydrogens (tertiary/aromatic N) is 2. The summed E-state index contributed by atoms with van der Waals surface area (Å²) in [6.07, 6.45) is 11.7. The van der Waals surface area contributed by atoms with Gasteiger partial charge in [-0.2, -0.15) is 0 Å². The zero-order chi connectivity index (χ0) is 50.0. The van der Waals surface area contributed by atoms with E-state index < -0.39 is 5.41 Å². The van der Waals surface area contributed by atoms with E-state index in [1.165, 1.54) is 119 Å². The van der Waals surface area contributed by atoms with Crippen molar-refractivity contribution in [1.29, 1.82) is 0 Å². The van der Waals surface area contributed by atoms with Crippen molar-refractivity contribution in [2.75, 3.05) is 9.80 Å². The third-order valence-corrected chi connectivity index (χ3v) is 19.8. The van der Waals surface area contributed by atoms with Crippen LogP contribution < -0.4 is 9.80 Å². The highest BCUT2D eigenvalue weighted by Crippen LogP contribution is 2.66. The van der Waals surface area contributed by atoms with Gasteiger partial charge < -0.3 is 9.80 Å². The smallest absolute Gasteiger partial charge is 0.0640 e. The summed E-state index contributed by atoms with van der Waals surface area (Å²) in [6.45, 7) is 13.9. The lowest BCUT2D eigenvalue weighted by molar-refractivity contribution is 0.219. The number of hydrogen-bond donors (Lipinski definition) is 0. The van der Waals surface area contributed by atoms with E-state index in [4.69, 9.17) is 0 Å². The minimum atomic E-state index is -0.522. The fraction of sp³-hybridized carbons (Fsp3) is 0.171. The molecule has 4 heteroatoms. The van der Waals surface area contributed by atoms with Crippen LogP contribution in [-0.4, -0.2) is 0 Å². The Bertz CT molecular complexity index is 3900. The van der Waals surface area contributed by atoms with E-state index in [-0.39, 0.29) is 17.3 Å². The summed E-state index contributed by atoms with van der Waals surface area (Å²) in [5.41, 5.74) is 19.9. The first-order chi connectivity index (χ1) is 36.2. The fourth-order valence-electron chi connectivity index (χ4n) is 13.6. The standard InChI is InChI=1S/C70H58N2S2/c1-7-45-17-13-19-53-55-21-15-27-63(67(55)73-65(45)53)71(47-33-29-43(3)30-34-47)49-37-39-51-52-40-38-50(42-62(52)70(61(51)41-49)59-25-11-9-23-57(59)69(5,6)58-24-10-12-26-60(58)70)72(48-35-31-44(4)32-36-48)64-28-16-22-56-54-20-14-18-46(8-2)66(54)74-68(56)64/h9-42,57,59H,7-8H2,1-6H3. The molecule has 0 saturated carbocycles. The Hall–Kier alpha value is -7.50. The van der Waals surface area contributed by atoms with Crippen LogP contribution in [0.2, 0.25) is 0 Å². The molecule has 0 radical (unpaired) electrons. The Labute approximate surface area is 443 Å². The first kappa shape index (κ1) is 45.1. The molecule has 9 aromatic carbocycles. The molecule has 2 heterocycles. The summed E-state index contributed by atoms with van der Waals surface area (Å²) in [7, 11) is 0. The Kier molecular flexibility index (Phi) is 10.4. The van der Waals surface area contributed by atoms with Gasteiger partial charge in [0.1, 0.15) is 0 Å². The van der Waals surface area contributed by atoms with Gasteiger partial charge in [0.25, 0.3) is 0 Å². The quantitative estimate of drug-likeness (QED) is 0.150. The number of benzene rings is 9. The van der Waals surface area contributed by atoms with Crippen molar-refractivity contribution in [3.05, 3.63) is 251 Å². The Morgan fingerprint density at radius 1 is 0.405 bits per heavy atom. The van der Waals surface area contributed by atoms with Gasteiger partial charge in [0.15, 0.2) is 0 Å². The van der Waals surface area contributed by atoms with Gasteiger partial charge in [-0.25, -0.2) is 0 Å². The van der Waals surface area contributed by atoms with Gasteiger partial charge in [0.05, 0.1) is 26.2 Å². The van der Waals surface area contributed by atoms with Crippen molar-refractivity contribution in [1.82, 2.24) is 0 Å². The van der Waals surface area contributed by atoms with Gasteiger partial charge in [-0.05, 0) is 143 Å². The molecule has 74 heavy (non-hydrogen) atoms. The van der Waals surface area contributed by atoms with E-state index in [1.807, 2.05) is 22.7 Å². The lowest BCUT2D eigenvalue weighted by Crippen LogP contribution is -2.51. The molecule has 2 atom stereocenters. The van der Waals surface area contributed by atoms with E-state index in [2.05, 4.69) is 258 Å². The SMILES string of the molecule is CCc1cccc2c1sc1c(N(c3ccc(C)cc3)c3ccc4c(c3)C3(c5cc(N(c6ccc(C)cc6)c6cccc7c6sc6c(CC)cccc67)ccc5-4)c4ccccc4C(C)(C)C4C=CC=CC43)cccc12. The van der Waals surface area contributed by atoms with Crippen molar-refractivity contribution >= 4 is 97.1 Å². The Morgan fingerprint density at radius 2 is 0.824 bits per heavy atom. The average molecular weight is 991 g/mol. The zero-order valence-electron chi connectivity index (χ0n) is 42.9. The third kappa shape index (κ3) is 6.47. The summed E-state index contributed by atoms with van der Waals surface area (Å²) in [6, 6.07) is 70.2. The van der Waals surface area contributed by atoms with Crippen LogP contribution in [0.1, 0.15) is 72.2 Å². The molecule has 0 saturated heterocycles. The van der Waals surface area contributed by atoms with Crippen LogP contribution in [0.5, 0.6) is 0 Å². The molecule has 3 aliphatic carbocycles. The lowest BCUT2D eigenvalue weighted by Gasteiger charge is -2.54. The van der Waals surface area contributed by atoms with Crippen LogP contribution in [0.15, 0.2) is 206 Å². The molecule has 11 aromatic rings. The maximum absolute atomic E-state index is 2.60. The first-order valence-electron chi connectivity index (χ1n) is 26.5. The van der Waals surface area contributed by atoms with Crippen molar-refractivity contribution in [3.63, 3.8) is 0 Å². The van der Waals surface area contributed by atoms with Gasteiger partial charge in [-0.3, -0.25) is 0 Å². The number of anilines is 6. The number of aryl methyl sites for hydroxylation is 4. The van der Waals surface area contributed by atoms with Crippen LogP contribution in [0.25, 0.3) is 51.5 Å². The summed E-state index contributed by atoms with van der Waals surface area (Å²) in [5, 5.41) is 5.31. The predicted octanol–water partition coefficient (Wildman–Crippen LogP) is 20.1. The van der Waals surface area contributed by atoms with E-state index in [0.29, 0.717) is 0 Å². The van der Waals surface area contributed by atoms with E-state index in [0.717, 1.165) is 24.2 Å². The molecule has 0 amide bonds.